The highest BCUT2D eigenvalue weighted by molar-refractivity contribution is 5.84. The molecule has 0 saturated carbocycles. The van der Waals surface area contributed by atoms with Crippen molar-refractivity contribution in [3.8, 4) is 5.75 Å². The van der Waals surface area contributed by atoms with Gasteiger partial charge in [0, 0.05) is 5.56 Å². The van der Waals surface area contributed by atoms with Crippen LogP contribution >= 0.6 is 0 Å². The molecule has 22 heavy (non-hydrogen) atoms. The lowest BCUT2D eigenvalue weighted by atomic mass is 10.0. The second-order valence-electron chi connectivity index (χ2n) is 5.50. The Hall–Kier alpha value is -2.30. The Balaban J connectivity index is 2.19. The lowest BCUT2D eigenvalue weighted by molar-refractivity contribution is 0.309. The molecule has 0 bridgehead atoms. The Morgan fingerprint density at radius 3 is 2.50 bits per heavy atom. The van der Waals surface area contributed by atoms with Crippen LogP contribution < -0.4 is 10.5 Å². The van der Waals surface area contributed by atoms with Gasteiger partial charge in [0.25, 0.3) is 0 Å². The van der Waals surface area contributed by atoms with Crippen LogP contribution in [0.2, 0.25) is 0 Å². The van der Waals surface area contributed by atoms with Crippen LogP contribution in [0.25, 0.3) is 0 Å². The maximum absolute atomic E-state index is 5.79. The molecule has 118 valence electrons. The third-order valence-electron chi connectivity index (χ3n) is 3.48. The van der Waals surface area contributed by atoms with Gasteiger partial charge in [-0.25, -0.2) is 9.66 Å². The highest BCUT2D eigenvalue weighted by Crippen LogP contribution is 2.21. The predicted molar refractivity (Wildman–Crippen MR) is 90.7 cm³/mol. The fourth-order valence-corrected chi connectivity index (χ4v) is 2.27. The van der Waals surface area contributed by atoms with Crippen molar-refractivity contribution in [2.75, 3.05) is 12.3 Å². The minimum absolute atomic E-state index is 0.392. The molecule has 0 unspecified atom stereocenters. The second kappa shape index (κ2) is 7.11. The largest absolute Gasteiger partial charge is 0.494 e. The van der Waals surface area contributed by atoms with Gasteiger partial charge >= 0.3 is 0 Å². The number of anilines is 1. The van der Waals surface area contributed by atoms with E-state index < -0.39 is 0 Å². The maximum Gasteiger partial charge on any atom is 0.221 e. The lowest BCUT2D eigenvalue weighted by Crippen LogP contribution is -2.01. The monoisotopic (exact) mass is 300 g/mol. The minimum Gasteiger partial charge on any atom is -0.494 e. The number of nitrogens with two attached hydrogens (primary N) is 1. The number of aryl methyl sites for hydroxylation is 3. The lowest BCUT2D eigenvalue weighted by Gasteiger charge is -2.10. The third kappa shape index (κ3) is 3.87. The molecule has 0 aliphatic heterocycles. The molecule has 2 aromatic rings. The summed E-state index contributed by atoms with van der Waals surface area (Å²) in [4.78, 5) is 4.13. The number of imidazole rings is 1. The molecule has 1 aromatic carbocycles. The fraction of sp³-hybridized carbons (Fsp3) is 0.412. The normalized spacial score (nSPS) is 11.3. The van der Waals surface area contributed by atoms with Crippen LogP contribution in [0.15, 0.2) is 23.4 Å². The van der Waals surface area contributed by atoms with Crippen molar-refractivity contribution in [1.82, 2.24) is 9.66 Å². The number of nitrogen functional groups attached to an aromatic ring is 1. The summed E-state index contributed by atoms with van der Waals surface area (Å²) in [6.07, 6.45) is 5.83. The van der Waals surface area contributed by atoms with E-state index in [2.05, 4.69) is 30.9 Å². The van der Waals surface area contributed by atoms with Crippen molar-refractivity contribution in [1.29, 1.82) is 0 Å². The molecule has 0 radical (unpaired) electrons. The van der Waals surface area contributed by atoms with Gasteiger partial charge in [0.05, 0.1) is 24.7 Å². The molecule has 0 amide bonds. The fourth-order valence-electron chi connectivity index (χ4n) is 2.27. The van der Waals surface area contributed by atoms with Gasteiger partial charge in [0.1, 0.15) is 5.75 Å². The number of ether oxygens (including phenoxy) is 1. The minimum atomic E-state index is 0.392. The molecule has 0 fully saturated rings. The molecular formula is C17H24N4O. The zero-order valence-electron chi connectivity index (χ0n) is 13.8. The summed E-state index contributed by atoms with van der Waals surface area (Å²) in [6, 6.07) is 4.10. The Bertz CT molecular complexity index is 650. The van der Waals surface area contributed by atoms with E-state index >= 15 is 0 Å². The first-order valence-electron chi connectivity index (χ1n) is 7.61. The van der Waals surface area contributed by atoms with E-state index in [9.17, 15) is 0 Å². The Morgan fingerprint density at radius 1 is 1.27 bits per heavy atom. The van der Waals surface area contributed by atoms with Gasteiger partial charge in [0.15, 0.2) is 0 Å². The van der Waals surface area contributed by atoms with Gasteiger partial charge < -0.3 is 10.5 Å². The third-order valence-corrected chi connectivity index (χ3v) is 3.48. The van der Waals surface area contributed by atoms with Crippen LogP contribution in [0.1, 0.15) is 42.1 Å². The first-order valence-corrected chi connectivity index (χ1v) is 7.61. The summed E-state index contributed by atoms with van der Waals surface area (Å²) < 4.78 is 7.35. The van der Waals surface area contributed by atoms with E-state index in [4.69, 9.17) is 10.5 Å². The van der Waals surface area contributed by atoms with E-state index in [0.717, 1.165) is 47.6 Å². The number of hydrogen-bond donors (Lipinski definition) is 1. The average molecular weight is 300 g/mol. The number of aromatic nitrogens is 2. The van der Waals surface area contributed by atoms with Crippen molar-refractivity contribution >= 4 is 12.2 Å². The van der Waals surface area contributed by atoms with Gasteiger partial charge in [-0.1, -0.05) is 13.3 Å². The second-order valence-corrected chi connectivity index (χ2v) is 5.50. The summed E-state index contributed by atoms with van der Waals surface area (Å²) in [5, 5.41) is 4.39. The summed E-state index contributed by atoms with van der Waals surface area (Å²) in [6.45, 7) is 8.92. The molecule has 0 spiro atoms. The Labute approximate surface area is 131 Å². The number of nitrogens with zero attached hydrogens (tertiary/aromatic N) is 3. The summed E-state index contributed by atoms with van der Waals surface area (Å²) >= 11 is 0. The van der Waals surface area contributed by atoms with Crippen LogP contribution in [-0.4, -0.2) is 22.5 Å². The van der Waals surface area contributed by atoms with E-state index in [1.165, 1.54) is 0 Å². The first-order chi connectivity index (χ1) is 10.5. The molecule has 0 atom stereocenters. The summed E-state index contributed by atoms with van der Waals surface area (Å²) in [7, 11) is 0. The zero-order chi connectivity index (χ0) is 16.1. The van der Waals surface area contributed by atoms with E-state index in [1.807, 2.05) is 25.3 Å². The molecule has 2 N–H and O–H groups in total. The highest BCUT2D eigenvalue weighted by Gasteiger charge is 2.05. The van der Waals surface area contributed by atoms with Gasteiger partial charge in [0.2, 0.25) is 5.95 Å². The van der Waals surface area contributed by atoms with Crippen LogP contribution in [0.4, 0.5) is 5.95 Å². The molecule has 1 aromatic heterocycles. The molecule has 1 heterocycles. The number of benzene rings is 1. The molecule has 5 heteroatoms. The molecule has 5 nitrogen and oxygen atoms in total. The maximum atomic E-state index is 5.79. The van der Waals surface area contributed by atoms with E-state index in [0.29, 0.717) is 5.95 Å². The predicted octanol–water partition coefficient (Wildman–Crippen LogP) is 3.45. The standard InChI is InChI=1S/C17H24N4O/c1-5-6-7-22-15-8-12(2)16(13(3)9-15)10-19-21-11-14(4)20-17(21)18/h8-11H,5-7H2,1-4H3,(H2,18,20). The number of rotatable bonds is 6. The van der Waals surface area contributed by atoms with Crippen molar-refractivity contribution in [2.45, 2.75) is 40.5 Å². The van der Waals surface area contributed by atoms with Crippen LogP contribution in [0.5, 0.6) is 5.75 Å². The van der Waals surface area contributed by atoms with Crippen molar-refractivity contribution < 1.29 is 4.74 Å². The summed E-state index contributed by atoms with van der Waals surface area (Å²) in [5.74, 6) is 1.31. The van der Waals surface area contributed by atoms with Gasteiger partial charge in [-0.05, 0) is 50.5 Å². The summed E-state index contributed by atoms with van der Waals surface area (Å²) in [5.41, 5.74) is 9.98. The van der Waals surface area contributed by atoms with Gasteiger partial charge in [-0.2, -0.15) is 5.10 Å². The Kier molecular flexibility index (Phi) is 5.20. The first kappa shape index (κ1) is 16.1. The number of hydrogen-bond acceptors (Lipinski definition) is 4. The van der Waals surface area contributed by atoms with Gasteiger partial charge in [-0.3, -0.25) is 0 Å². The van der Waals surface area contributed by atoms with Crippen molar-refractivity contribution in [3.63, 3.8) is 0 Å². The van der Waals surface area contributed by atoms with Crippen molar-refractivity contribution in [3.05, 3.63) is 40.7 Å². The molecule has 0 saturated heterocycles. The van der Waals surface area contributed by atoms with E-state index in [-0.39, 0.29) is 0 Å². The Morgan fingerprint density at radius 2 is 1.95 bits per heavy atom. The van der Waals surface area contributed by atoms with Gasteiger partial charge in [-0.15, -0.1) is 0 Å². The van der Waals surface area contributed by atoms with Crippen molar-refractivity contribution in [2.24, 2.45) is 5.10 Å². The molecule has 0 aliphatic rings. The van der Waals surface area contributed by atoms with E-state index in [1.54, 1.807) is 10.9 Å². The average Bonchev–Trinajstić information content (AvgIpc) is 2.76. The van der Waals surface area contributed by atoms with Crippen LogP contribution in [0, 0.1) is 20.8 Å². The van der Waals surface area contributed by atoms with Crippen LogP contribution in [-0.2, 0) is 0 Å². The molecular weight excluding hydrogens is 276 g/mol. The highest BCUT2D eigenvalue weighted by atomic mass is 16.5. The molecule has 2 rings (SSSR count). The quantitative estimate of drug-likeness (QED) is 0.656. The number of unbranched alkanes of at least 4 members (excludes halogenated alkanes) is 1. The smallest absolute Gasteiger partial charge is 0.221 e. The molecule has 0 aliphatic carbocycles. The van der Waals surface area contributed by atoms with Crippen LogP contribution in [0.3, 0.4) is 0 Å². The topological polar surface area (TPSA) is 65.4 Å². The SMILES string of the molecule is CCCCOc1cc(C)c(C=Nn2cc(C)nc2N)c(C)c1. The zero-order valence-corrected chi connectivity index (χ0v) is 13.8.